The van der Waals surface area contributed by atoms with Gasteiger partial charge in [0, 0.05) is 0 Å². The molecule has 0 heterocycles. The Balaban J connectivity index is 0.000000132. The van der Waals surface area contributed by atoms with Gasteiger partial charge in [-0.3, -0.25) is 0 Å². The summed E-state index contributed by atoms with van der Waals surface area (Å²) in [7, 11) is 0. The van der Waals surface area contributed by atoms with E-state index in [0.29, 0.717) is 0 Å². The highest BCUT2D eigenvalue weighted by Gasteiger charge is 2.18. The second kappa shape index (κ2) is 7.85. The van der Waals surface area contributed by atoms with Crippen molar-refractivity contribution in [3.8, 4) is 22.3 Å². The third-order valence-corrected chi connectivity index (χ3v) is 6.67. The smallest absolute Gasteiger partial charge is 0.00133 e. The Morgan fingerprint density at radius 1 is 0.387 bits per heavy atom. The van der Waals surface area contributed by atoms with Crippen LogP contribution in [0.15, 0.2) is 72.8 Å². The zero-order chi connectivity index (χ0) is 21.5. The van der Waals surface area contributed by atoms with Gasteiger partial charge in [0.15, 0.2) is 0 Å². The molecule has 0 aliphatic heterocycles. The first-order valence-electron chi connectivity index (χ1n) is 11.4. The van der Waals surface area contributed by atoms with Crippen LogP contribution in [0, 0.1) is 27.7 Å². The van der Waals surface area contributed by atoms with Gasteiger partial charge in [-0.2, -0.15) is 0 Å². The molecule has 0 spiro atoms. The molecule has 0 radical (unpaired) electrons. The fraction of sp³-hybridized carbons (Fsp3) is 0.226. The minimum atomic E-state index is 1.11. The first kappa shape index (κ1) is 19.8. The SMILES string of the molecule is Cc1ccc2c(c1)CCc1cc(C)ccc1-2.Cc1ccc2c(c1)Cc1cc(C)ccc1-2. The van der Waals surface area contributed by atoms with E-state index < -0.39 is 0 Å². The van der Waals surface area contributed by atoms with Gasteiger partial charge < -0.3 is 0 Å². The monoisotopic (exact) mass is 402 g/mol. The predicted octanol–water partition coefficient (Wildman–Crippen LogP) is 7.94. The Labute approximate surface area is 186 Å². The van der Waals surface area contributed by atoms with Gasteiger partial charge in [-0.05, 0) is 91.5 Å². The Morgan fingerprint density at radius 3 is 1.03 bits per heavy atom. The lowest BCUT2D eigenvalue weighted by Crippen LogP contribution is -2.04. The normalized spacial score (nSPS) is 12.8. The molecule has 154 valence electrons. The van der Waals surface area contributed by atoms with Crippen LogP contribution in [0.1, 0.15) is 44.5 Å². The van der Waals surface area contributed by atoms with E-state index >= 15 is 0 Å². The molecule has 4 aromatic rings. The molecule has 0 saturated carbocycles. The van der Waals surface area contributed by atoms with Crippen LogP contribution in [-0.2, 0) is 19.3 Å². The first-order valence-corrected chi connectivity index (χ1v) is 11.4. The Kier molecular flexibility index (Phi) is 5.02. The van der Waals surface area contributed by atoms with Gasteiger partial charge in [-0.1, -0.05) is 95.1 Å². The summed E-state index contributed by atoms with van der Waals surface area (Å²) in [6, 6.07) is 27.2. The molecule has 0 fully saturated rings. The number of aryl methyl sites for hydroxylation is 6. The molecule has 0 bridgehead atoms. The van der Waals surface area contributed by atoms with E-state index in [9.17, 15) is 0 Å². The highest BCUT2D eigenvalue weighted by molar-refractivity contribution is 5.77. The van der Waals surface area contributed by atoms with E-state index in [-0.39, 0.29) is 0 Å². The van der Waals surface area contributed by atoms with E-state index in [1.807, 2.05) is 0 Å². The number of benzene rings is 4. The Hall–Kier alpha value is -3.12. The van der Waals surface area contributed by atoms with Crippen LogP contribution in [0.3, 0.4) is 0 Å². The summed E-state index contributed by atoms with van der Waals surface area (Å²) < 4.78 is 0. The van der Waals surface area contributed by atoms with Crippen molar-refractivity contribution in [2.45, 2.75) is 47.0 Å². The first-order chi connectivity index (χ1) is 15.0. The van der Waals surface area contributed by atoms with Crippen LogP contribution in [-0.4, -0.2) is 0 Å². The standard InChI is InChI=1S/C16H16.C15H14/c1-11-3-7-15-13(9-11)5-6-14-10-12(2)4-8-16(14)15;1-10-3-5-14-12(7-10)9-13-8-11(2)4-6-15(13)14/h3-4,7-10H,5-6H2,1-2H3;3-8H,9H2,1-2H3. The maximum atomic E-state index is 2.33. The van der Waals surface area contributed by atoms with Crippen molar-refractivity contribution in [3.05, 3.63) is 117 Å². The van der Waals surface area contributed by atoms with Gasteiger partial charge in [-0.25, -0.2) is 0 Å². The Morgan fingerprint density at radius 2 is 0.677 bits per heavy atom. The zero-order valence-electron chi connectivity index (χ0n) is 19.0. The zero-order valence-corrected chi connectivity index (χ0v) is 19.0. The molecule has 31 heavy (non-hydrogen) atoms. The largest absolute Gasteiger partial charge is 0.0587 e. The van der Waals surface area contributed by atoms with Crippen LogP contribution in [0.25, 0.3) is 22.3 Å². The van der Waals surface area contributed by atoms with Crippen LogP contribution < -0.4 is 0 Å². The highest BCUT2D eigenvalue weighted by atomic mass is 14.2. The minimum Gasteiger partial charge on any atom is -0.0587 e. The van der Waals surface area contributed by atoms with Crippen molar-refractivity contribution in [1.82, 2.24) is 0 Å². The molecule has 0 unspecified atom stereocenters. The molecule has 0 saturated heterocycles. The summed E-state index contributed by atoms with van der Waals surface area (Å²) in [5.41, 5.74) is 17.2. The van der Waals surface area contributed by atoms with Gasteiger partial charge in [0.25, 0.3) is 0 Å². The Bertz CT molecular complexity index is 1190. The van der Waals surface area contributed by atoms with Crippen LogP contribution in [0.2, 0.25) is 0 Å². The number of rotatable bonds is 0. The van der Waals surface area contributed by atoms with E-state index in [0.717, 1.165) is 6.42 Å². The summed E-state index contributed by atoms with van der Waals surface area (Å²) in [6.45, 7) is 8.67. The maximum Gasteiger partial charge on any atom is -0.00133 e. The van der Waals surface area contributed by atoms with Crippen LogP contribution >= 0.6 is 0 Å². The lowest BCUT2D eigenvalue weighted by molar-refractivity contribution is 0.937. The molecule has 0 aromatic heterocycles. The lowest BCUT2D eigenvalue weighted by atomic mass is 9.84. The van der Waals surface area contributed by atoms with Crippen molar-refractivity contribution in [2.24, 2.45) is 0 Å². The van der Waals surface area contributed by atoms with Gasteiger partial charge in [-0.15, -0.1) is 0 Å². The fourth-order valence-electron chi connectivity index (χ4n) is 5.12. The second-order valence-corrected chi connectivity index (χ2v) is 9.32. The summed E-state index contributed by atoms with van der Waals surface area (Å²) in [6.07, 6.45) is 3.48. The van der Waals surface area contributed by atoms with Gasteiger partial charge in [0.1, 0.15) is 0 Å². The van der Waals surface area contributed by atoms with E-state index in [4.69, 9.17) is 0 Å². The molecule has 4 aromatic carbocycles. The maximum absolute atomic E-state index is 2.33. The molecular weight excluding hydrogens is 372 g/mol. The van der Waals surface area contributed by atoms with Crippen molar-refractivity contribution < 1.29 is 0 Å². The number of hydrogen-bond acceptors (Lipinski definition) is 0. The summed E-state index contributed by atoms with van der Waals surface area (Å²) >= 11 is 0. The minimum absolute atomic E-state index is 1.11. The lowest BCUT2D eigenvalue weighted by Gasteiger charge is -2.20. The van der Waals surface area contributed by atoms with Crippen LogP contribution in [0.5, 0.6) is 0 Å². The molecule has 0 atom stereocenters. The molecule has 0 heteroatoms. The van der Waals surface area contributed by atoms with Gasteiger partial charge in [0.2, 0.25) is 0 Å². The molecule has 2 aliphatic carbocycles. The van der Waals surface area contributed by atoms with Crippen molar-refractivity contribution in [3.63, 3.8) is 0 Å². The predicted molar refractivity (Wildman–Crippen MR) is 133 cm³/mol. The summed E-state index contributed by atoms with van der Waals surface area (Å²) in [4.78, 5) is 0. The quantitative estimate of drug-likeness (QED) is 0.246. The molecule has 0 N–H and O–H groups in total. The van der Waals surface area contributed by atoms with Crippen molar-refractivity contribution >= 4 is 0 Å². The molecule has 2 aliphatic rings. The summed E-state index contributed by atoms with van der Waals surface area (Å²) in [5, 5.41) is 0. The summed E-state index contributed by atoms with van der Waals surface area (Å²) in [5.74, 6) is 0. The van der Waals surface area contributed by atoms with Gasteiger partial charge in [0.05, 0.1) is 0 Å². The van der Waals surface area contributed by atoms with E-state index in [1.54, 1.807) is 0 Å². The molecular formula is C31H30. The van der Waals surface area contributed by atoms with E-state index in [2.05, 4.69) is 100 Å². The molecule has 0 amide bonds. The van der Waals surface area contributed by atoms with Crippen molar-refractivity contribution in [1.29, 1.82) is 0 Å². The molecule has 0 nitrogen and oxygen atoms in total. The molecule has 6 rings (SSSR count). The number of fused-ring (bicyclic) bond motifs is 6. The highest BCUT2D eigenvalue weighted by Crippen LogP contribution is 2.37. The third kappa shape index (κ3) is 3.83. The number of hydrogen-bond donors (Lipinski definition) is 0. The van der Waals surface area contributed by atoms with Crippen molar-refractivity contribution in [2.75, 3.05) is 0 Å². The third-order valence-electron chi connectivity index (χ3n) is 6.67. The fourth-order valence-corrected chi connectivity index (χ4v) is 5.12. The van der Waals surface area contributed by atoms with Crippen LogP contribution in [0.4, 0.5) is 0 Å². The van der Waals surface area contributed by atoms with Gasteiger partial charge >= 0.3 is 0 Å². The van der Waals surface area contributed by atoms with E-state index in [1.165, 1.54) is 79.6 Å². The topological polar surface area (TPSA) is 0 Å². The average molecular weight is 403 g/mol. The average Bonchev–Trinajstić information content (AvgIpc) is 3.10. The second-order valence-electron chi connectivity index (χ2n) is 9.32.